The van der Waals surface area contributed by atoms with Crippen LogP contribution in [0.2, 0.25) is 0 Å². The Balaban J connectivity index is 2.81. The molecule has 0 bridgehead atoms. The molecule has 0 atom stereocenters. The Morgan fingerprint density at radius 2 is 1.76 bits per heavy atom. The van der Waals surface area contributed by atoms with Crippen molar-refractivity contribution in [2.24, 2.45) is 5.14 Å². The van der Waals surface area contributed by atoms with Crippen molar-refractivity contribution in [2.75, 3.05) is 24.1 Å². The van der Waals surface area contributed by atoms with E-state index in [0.29, 0.717) is 30.0 Å². The summed E-state index contributed by atoms with van der Waals surface area (Å²) in [5.74, 6) is 0. The van der Waals surface area contributed by atoms with Crippen molar-refractivity contribution in [3.05, 3.63) is 18.2 Å². The van der Waals surface area contributed by atoms with Crippen molar-refractivity contribution < 1.29 is 8.42 Å². The van der Waals surface area contributed by atoms with E-state index in [0.717, 1.165) is 6.54 Å². The van der Waals surface area contributed by atoms with Crippen molar-refractivity contribution in [3.63, 3.8) is 0 Å². The van der Waals surface area contributed by atoms with Crippen LogP contribution in [0.25, 0.3) is 0 Å². The highest BCUT2D eigenvalue weighted by atomic mass is 32.2. The van der Waals surface area contributed by atoms with Gasteiger partial charge in [0.1, 0.15) is 4.90 Å². The minimum Gasteiger partial charge on any atom is -0.399 e. The lowest BCUT2D eigenvalue weighted by Crippen LogP contribution is -2.40. The average molecular weight is 314 g/mol. The molecule has 120 valence electrons. The summed E-state index contributed by atoms with van der Waals surface area (Å²) in [6.07, 6.45) is 0. The number of rotatable bonds is 7. The Bertz CT molecular complexity index is 562. The Morgan fingerprint density at radius 1 is 1.19 bits per heavy atom. The van der Waals surface area contributed by atoms with E-state index in [2.05, 4.69) is 37.9 Å². The van der Waals surface area contributed by atoms with Crippen LogP contribution < -0.4 is 16.2 Å². The molecule has 7 heteroatoms. The van der Waals surface area contributed by atoms with Gasteiger partial charge in [0, 0.05) is 30.9 Å². The lowest BCUT2D eigenvalue weighted by molar-refractivity contribution is 0.182. The number of nitrogens with two attached hydrogens (primary N) is 2. The maximum absolute atomic E-state index is 11.6. The van der Waals surface area contributed by atoms with E-state index in [4.69, 9.17) is 10.9 Å². The Kier molecular flexibility index (Phi) is 6.00. The first kappa shape index (κ1) is 17.7. The number of anilines is 2. The molecule has 0 heterocycles. The highest BCUT2D eigenvalue weighted by Crippen LogP contribution is 2.22. The van der Waals surface area contributed by atoms with Crippen molar-refractivity contribution in [1.82, 2.24) is 4.90 Å². The van der Waals surface area contributed by atoms with Crippen LogP contribution in [-0.2, 0) is 10.0 Å². The minimum absolute atomic E-state index is 0.0307. The van der Waals surface area contributed by atoms with Gasteiger partial charge in [0.05, 0.1) is 5.69 Å². The van der Waals surface area contributed by atoms with Crippen LogP contribution in [0.1, 0.15) is 27.7 Å². The van der Waals surface area contributed by atoms with E-state index in [9.17, 15) is 8.42 Å². The van der Waals surface area contributed by atoms with Crippen molar-refractivity contribution in [1.29, 1.82) is 0 Å². The van der Waals surface area contributed by atoms with E-state index >= 15 is 0 Å². The summed E-state index contributed by atoms with van der Waals surface area (Å²) < 4.78 is 23.2. The minimum atomic E-state index is -3.80. The number of sulfonamides is 1. The monoisotopic (exact) mass is 314 g/mol. The lowest BCUT2D eigenvalue weighted by atomic mass is 10.2. The van der Waals surface area contributed by atoms with Crippen molar-refractivity contribution in [3.8, 4) is 0 Å². The van der Waals surface area contributed by atoms with Gasteiger partial charge in [-0.2, -0.15) is 0 Å². The quantitative estimate of drug-likeness (QED) is 0.661. The van der Waals surface area contributed by atoms with Crippen LogP contribution in [0.15, 0.2) is 23.1 Å². The fraction of sp³-hybridized carbons (Fsp3) is 0.571. The van der Waals surface area contributed by atoms with Gasteiger partial charge in [-0.1, -0.05) is 0 Å². The van der Waals surface area contributed by atoms with Gasteiger partial charge in [0.2, 0.25) is 10.0 Å². The standard InChI is InChI=1S/C14H26N4O2S/c1-10(2)18(11(3)4)8-7-17-13-6-5-12(15)9-14(13)21(16,19)20/h5-6,9-11,17H,7-8,15H2,1-4H3,(H2,16,19,20). The molecule has 21 heavy (non-hydrogen) atoms. The molecule has 6 nitrogen and oxygen atoms in total. The average Bonchev–Trinajstić information content (AvgIpc) is 2.33. The summed E-state index contributed by atoms with van der Waals surface area (Å²) in [5, 5.41) is 8.35. The van der Waals surface area contributed by atoms with E-state index < -0.39 is 10.0 Å². The maximum Gasteiger partial charge on any atom is 0.240 e. The van der Waals surface area contributed by atoms with Gasteiger partial charge >= 0.3 is 0 Å². The zero-order chi connectivity index (χ0) is 16.2. The van der Waals surface area contributed by atoms with Gasteiger partial charge in [0.25, 0.3) is 0 Å². The number of primary sulfonamides is 1. The number of nitrogen functional groups attached to an aromatic ring is 1. The molecule has 0 radical (unpaired) electrons. The summed E-state index contributed by atoms with van der Waals surface area (Å²) in [4.78, 5) is 2.35. The van der Waals surface area contributed by atoms with Crippen LogP contribution >= 0.6 is 0 Å². The van der Waals surface area contributed by atoms with Gasteiger partial charge < -0.3 is 11.1 Å². The normalized spacial score (nSPS) is 12.4. The second-order valence-corrected chi connectivity index (χ2v) is 7.18. The molecule has 1 rings (SSSR count). The van der Waals surface area contributed by atoms with Crippen LogP contribution in [-0.4, -0.2) is 38.5 Å². The lowest BCUT2D eigenvalue weighted by Gasteiger charge is -2.30. The van der Waals surface area contributed by atoms with E-state index in [1.807, 2.05) is 0 Å². The van der Waals surface area contributed by atoms with Crippen LogP contribution in [0, 0.1) is 0 Å². The summed E-state index contributed by atoms with van der Waals surface area (Å²) in [5.41, 5.74) is 6.48. The van der Waals surface area contributed by atoms with Crippen molar-refractivity contribution >= 4 is 21.4 Å². The van der Waals surface area contributed by atoms with Crippen LogP contribution in [0.5, 0.6) is 0 Å². The first-order valence-electron chi connectivity index (χ1n) is 7.05. The summed E-state index contributed by atoms with van der Waals surface area (Å²) in [6.45, 7) is 9.99. The van der Waals surface area contributed by atoms with Crippen LogP contribution in [0.3, 0.4) is 0 Å². The van der Waals surface area contributed by atoms with Crippen molar-refractivity contribution in [2.45, 2.75) is 44.7 Å². The smallest absolute Gasteiger partial charge is 0.240 e. The van der Waals surface area contributed by atoms with Gasteiger partial charge in [-0.3, -0.25) is 4.90 Å². The zero-order valence-corrected chi connectivity index (χ0v) is 13.9. The van der Waals surface area contributed by atoms with E-state index in [-0.39, 0.29) is 4.90 Å². The molecule has 1 aromatic carbocycles. The topological polar surface area (TPSA) is 101 Å². The third-order valence-corrected chi connectivity index (χ3v) is 4.28. The molecule has 0 unspecified atom stereocenters. The van der Waals surface area contributed by atoms with E-state index in [1.165, 1.54) is 6.07 Å². The maximum atomic E-state index is 11.6. The number of benzene rings is 1. The molecular formula is C14H26N4O2S. The predicted octanol–water partition coefficient (Wildman–Crippen LogP) is 1.45. The number of hydrogen-bond donors (Lipinski definition) is 3. The molecule has 1 aromatic rings. The summed E-state index contributed by atoms with van der Waals surface area (Å²) in [7, 11) is -3.80. The number of nitrogens with one attached hydrogen (secondary N) is 1. The van der Waals surface area contributed by atoms with Crippen LogP contribution in [0.4, 0.5) is 11.4 Å². The van der Waals surface area contributed by atoms with Gasteiger partial charge in [-0.05, 0) is 45.9 Å². The molecule has 0 aromatic heterocycles. The fourth-order valence-electron chi connectivity index (χ4n) is 2.35. The van der Waals surface area contributed by atoms with Gasteiger partial charge in [0.15, 0.2) is 0 Å². The molecule has 0 saturated heterocycles. The Labute approximate surface area is 127 Å². The first-order chi connectivity index (χ1) is 9.62. The van der Waals surface area contributed by atoms with Gasteiger partial charge in [-0.15, -0.1) is 0 Å². The number of hydrogen-bond acceptors (Lipinski definition) is 5. The molecule has 0 aliphatic rings. The third-order valence-electron chi connectivity index (χ3n) is 3.32. The molecule has 0 spiro atoms. The number of nitrogens with zero attached hydrogens (tertiary/aromatic N) is 1. The molecule has 0 aliphatic heterocycles. The summed E-state index contributed by atoms with van der Waals surface area (Å²) >= 11 is 0. The second-order valence-electron chi connectivity index (χ2n) is 5.65. The molecule has 0 fully saturated rings. The second kappa shape index (κ2) is 7.11. The van der Waals surface area contributed by atoms with E-state index in [1.54, 1.807) is 12.1 Å². The molecule has 5 N–H and O–H groups in total. The fourth-order valence-corrected chi connectivity index (χ4v) is 3.10. The molecule has 0 amide bonds. The highest BCUT2D eigenvalue weighted by molar-refractivity contribution is 7.89. The predicted molar refractivity (Wildman–Crippen MR) is 87.7 cm³/mol. The SMILES string of the molecule is CC(C)N(CCNc1ccc(N)cc1S(N)(=O)=O)C(C)C. The molecule has 0 saturated carbocycles. The first-order valence-corrected chi connectivity index (χ1v) is 8.59. The molecule has 0 aliphatic carbocycles. The highest BCUT2D eigenvalue weighted by Gasteiger charge is 2.16. The Morgan fingerprint density at radius 3 is 2.24 bits per heavy atom. The Hall–Kier alpha value is -1.31. The third kappa shape index (κ3) is 5.18. The summed E-state index contributed by atoms with van der Waals surface area (Å²) in [6, 6.07) is 5.52. The molecular weight excluding hydrogens is 288 g/mol. The zero-order valence-electron chi connectivity index (χ0n) is 13.1. The van der Waals surface area contributed by atoms with Gasteiger partial charge in [-0.25, -0.2) is 13.6 Å². The largest absolute Gasteiger partial charge is 0.399 e.